The normalized spacial score (nSPS) is 18.0. The van der Waals surface area contributed by atoms with Crippen molar-refractivity contribution >= 4 is 64.2 Å². The lowest BCUT2D eigenvalue weighted by atomic mass is 10.0. The molecule has 0 radical (unpaired) electrons. The van der Waals surface area contributed by atoms with Crippen molar-refractivity contribution in [2.45, 2.75) is 17.7 Å². The van der Waals surface area contributed by atoms with E-state index in [1.54, 1.807) is 59.1 Å². The zero-order chi connectivity index (χ0) is 21.3. The second kappa shape index (κ2) is 8.87. The first-order valence-electron chi connectivity index (χ1n) is 9.60. The number of urea groups is 1. The van der Waals surface area contributed by atoms with E-state index in [1.807, 2.05) is 4.90 Å². The third kappa shape index (κ3) is 4.37. The Labute approximate surface area is 194 Å². The fraction of sp³-hybridized carbons (Fsp3) is 0.333. The predicted octanol–water partition coefficient (Wildman–Crippen LogP) is 5.86. The summed E-state index contributed by atoms with van der Waals surface area (Å²) in [5, 5.41) is 4.37. The molecule has 2 heterocycles. The van der Waals surface area contributed by atoms with Crippen LogP contribution in [0.25, 0.3) is 0 Å². The molecule has 2 aliphatic heterocycles. The molecule has 30 heavy (non-hydrogen) atoms. The molecule has 0 saturated carbocycles. The first-order chi connectivity index (χ1) is 14.4. The number of piperidine rings is 1. The van der Waals surface area contributed by atoms with Crippen molar-refractivity contribution in [3.8, 4) is 0 Å². The van der Waals surface area contributed by atoms with Gasteiger partial charge < -0.3 is 15.1 Å². The van der Waals surface area contributed by atoms with Crippen molar-refractivity contribution in [2.24, 2.45) is 0 Å². The minimum atomic E-state index is -0.272. The number of thioether (sulfide) groups is 1. The van der Waals surface area contributed by atoms with Crippen LogP contribution in [0.15, 0.2) is 42.5 Å². The summed E-state index contributed by atoms with van der Waals surface area (Å²) in [6.07, 6.45) is 1.44. The van der Waals surface area contributed by atoms with E-state index < -0.39 is 0 Å². The van der Waals surface area contributed by atoms with Crippen LogP contribution in [-0.2, 0) is 0 Å². The first kappa shape index (κ1) is 21.6. The van der Waals surface area contributed by atoms with E-state index in [1.165, 1.54) is 0 Å². The van der Waals surface area contributed by atoms with Crippen LogP contribution in [0, 0.1) is 0 Å². The number of hydrogen-bond acceptors (Lipinski definition) is 3. The van der Waals surface area contributed by atoms with E-state index >= 15 is 0 Å². The van der Waals surface area contributed by atoms with E-state index in [-0.39, 0.29) is 16.8 Å². The number of nitrogens with one attached hydrogen (secondary N) is 1. The maximum absolute atomic E-state index is 13.1. The van der Waals surface area contributed by atoms with Crippen LogP contribution in [0.1, 0.15) is 23.2 Å². The van der Waals surface area contributed by atoms with Crippen LogP contribution in [0.3, 0.4) is 0 Å². The van der Waals surface area contributed by atoms with Crippen LogP contribution in [0.2, 0.25) is 15.1 Å². The Kier molecular flexibility index (Phi) is 6.39. The highest BCUT2D eigenvalue weighted by Crippen LogP contribution is 2.44. The maximum Gasteiger partial charge on any atom is 0.321 e. The number of hydrogen-bond donors (Lipinski definition) is 1. The number of anilines is 1. The summed E-state index contributed by atoms with van der Waals surface area (Å²) in [5.74, 6) is 0.911. The predicted molar refractivity (Wildman–Crippen MR) is 124 cm³/mol. The zero-order valence-corrected chi connectivity index (χ0v) is 19.1. The number of carbonyl (C=O) groups excluding carboxylic acids is 2. The second-order valence-corrected chi connectivity index (χ2v) is 10.0. The number of carbonyl (C=O) groups is 2. The maximum atomic E-state index is 13.1. The molecule has 2 fully saturated rings. The third-order valence-corrected chi connectivity index (χ3v) is 7.87. The first-order valence-corrected chi connectivity index (χ1v) is 11.7. The minimum absolute atomic E-state index is 0.0162. The van der Waals surface area contributed by atoms with Crippen LogP contribution < -0.4 is 5.32 Å². The van der Waals surface area contributed by atoms with Crippen LogP contribution in [-0.4, -0.2) is 52.0 Å². The van der Waals surface area contributed by atoms with Gasteiger partial charge in [0.2, 0.25) is 0 Å². The number of rotatable bonds is 2. The molecule has 4 rings (SSSR count). The van der Waals surface area contributed by atoms with E-state index in [4.69, 9.17) is 34.8 Å². The molecular weight excluding hydrogens is 465 g/mol. The van der Waals surface area contributed by atoms with Crippen molar-refractivity contribution < 1.29 is 9.59 Å². The Morgan fingerprint density at radius 2 is 1.60 bits per heavy atom. The molecule has 0 bridgehead atoms. The largest absolute Gasteiger partial charge is 0.324 e. The molecule has 1 spiro atoms. The van der Waals surface area contributed by atoms with Gasteiger partial charge in [-0.1, -0.05) is 34.8 Å². The van der Waals surface area contributed by atoms with E-state index in [9.17, 15) is 9.59 Å². The van der Waals surface area contributed by atoms with Crippen molar-refractivity contribution in [3.63, 3.8) is 0 Å². The molecule has 5 nitrogen and oxygen atoms in total. The molecule has 0 aromatic heterocycles. The Morgan fingerprint density at radius 1 is 0.933 bits per heavy atom. The molecular formula is C21H20Cl3N3O2S. The lowest BCUT2D eigenvalue weighted by molar-refractivity contribution is 0.0585. The van der Waals surface area contributed by atoms with Gasteiger partial charge in [0.05, 0.1) is 15.6 Å². The Balaban J connectivity index is 1.41. The Hall–Kier alpha value is -1.60. The van der Waals surface area contributed by atoms with Gasteiger partial charge in [-0.25, -0.2) is 4.79 Å². The summed E-state index contributed by atoms with van der Waals surface area (Å²) < 4.78 is 0. The smallest absolute Gasteiger partial charge is 0.321 e. The lowest BCUT2D eigenvalue weighted by Crippen LogP contribution is -2.54. The van der Waals surface area contributed by atoms with Gasteiger partial charge in [-0.2, -0.15) is 0 Å². The van der Waals surface area contributed by atoms with E-state index in [0.717, 1.165) is 18.6 Å². The third-order valence-electron chi connectivity index (χ3n) is 5.52. The lowest BCUT2D eigenvalue weighted by Gasteiger charge is -2.44. The Bertz CT molecular complexity index is 962. The summed E-state index contributed by atoms with van der Waals surface area (Å²) in [5.41, 5.74) is 1.17. The molecule has 1 N–H and O–H groups in total. The molecule has 0 atom stereocenters. The van der Waals surface area contributed by atoms with Crippen LogP contribution >= 0.6 is 46.6 Å². The summed E-state index contributed by atoms with van der Waals surface area (Å²) in [6, 6.07) is 11.8. The molecule has 3 amide bonds. The van der Waals surface area contributed by atoms with Gasteiger partial charge in [-0.3, -0.25) is 4.79 Å². The molecule has 2 aromatic carbocycles. The second-order valence-electron chi connectivity index (χ2n) is 7.30. The zero-order valence-electron chi connectivity index (χ0n) is 16.0. The van der Waals surface area contributed by atoms with E-state index in [2.05, 4.69) is 5.32 Å². The van der Waals surface area contributed by atoms with Crippen LogP contribution in [0.4, 0.5) is 10.5 Å². The molecule has 158 valence electrons. The fourth-order valence-electron chi connectivity index (χ4n) is 3.90. The van der Waals surface area contributed by atoms with Crippen molar-refractivity contribution in [3.05, 3.63) is 63.1 Å². The average molecular weight is 485 g/mol. The number of halogens is 3. The van der Waals surface area contributed by atoms with Crippen LogP contribution in [0.5, 0.6) is 0 Å². The number of likely N-dealkylation sites (tertiary alicyclic amines) is 1. The van der Waals surface area contributed by atoms with Gasteiger partial charge in [-0.15, -0.1) is 11.8 Å². The summed E-state index contributed by atoms with van der Waals surface area (Å²) >= 11 is 19.8. The highest BCUT2D eigenvalue weighted by Gasteiger charge is 2.47. The van der Waals surface area contributed by atoms with Gasteiger partial charge >= 0.3 is 6.03 Å². The molecule has 0 unspecified atom stereocenters. The monoisotopic (exact) mass is 483 g/mol. The quantitative estimate of drug-likeness (QED) is 0.581. The van der Waals surface area contributed by atoms with Crippen molar-refractivity contribution in [1.82, 2.24) is 9.80 Å². The topological polar surface area (TPSA) is 52.7 Å². The highest BCUT2D eigenvalue weighted by atomic mass is 35.5. The number of nitrogens with zero attached hydrogens (tertiary/aromatic N) is 2. The van der Waals surface area contributed by atoms with Gasteiger partial charge in [0.1, 0.15) is 0 Å². The summed E-state index contributed by atoms with van der Waals surface area (Å²) in [4.78, 5) is 29.3. The molecule has 2 saturated heterocycles. The van der Waals surface area contributed by atoms with E-state index in [0.29, 0.717) is 46.0 Å². The van der Waals surface area contributed by atoms with Crippen molar-refractivity contribution in [1.29, 1.82) is 0 Å². The average Bonchev–Trinajstić information content (AvgIpc) is 3.13. The van der Waals surface area contributed by atoms with Gasteiger partial charge in [-0.05, 0) is 55.3 Å². The highest BCUT2D eigenvalue weighted by molar-refractivity contribution is 8.00. The molecule has 9 heteroatoms. The molecule has 0 aliphatic carbocycles. The number of benzene rings is 2. The standard InChI is InChI=1S/C21H20Cl3N3O2S/c22-15-3-1-14(2-4-15)19(28)27-11-12-30-21(27)7-9-26(10-8-21)20(29)25-18-6-5-16(23)13-17(18)24/h1-6,13H,7-12H2,(H,25,29). The molecule has 2 aliphatic rings. The van der Waals surface area contributed by atoms with Gasteiger partial charge in [0, 0.05) is 41.0 Å². The summed E-state index contributed by atoms with van der Waals surface area (Å²) in [7, 11) is 0. The SMILES string of the molecule is O=C(Nc1ccc(Cl)cc1Cl)N1CCC2(CC1)SCCN2C(=O)c1ccc(Cl)cc1. The minimum Gasteiger partial charge on any atom is -0.324 e. The van der Waals surface area contributed by atoms with Gasteiger partial charge in [0.25, 0.3) is 5.91 Å². The van der Waals surface area contributed by atoms with Gasteiger partial charge in [0.15, 0.2) is 0 Å². The summed E-state index contributed by atoms with van der Waals surface area (Å²) in [6.45, 7) is 1.83. The fourth-order valence-corrected chi connectivity index (χ4v) is 5.94. The van der Waals surface area contributed by atoms with Crippen molar-refractivity contribution in [2.75, 3.05) is 30.7 Å². The number of amides is 3. The molecule has 2 aromatic rings. The Morgan fingerprint density at radius 3 is 2.27 bits per heavy atom.